The van der Waals surface area contributed by atoms with E-state index in [0.29, 0.717) is 17.7 Å². The van der Waals surface area contributed by atoms with Crippen molar-refractivity contribution in [2.24, 2.45) is 0 Å². The Morgan fingerprint density at radius 1 is 0.946 bits per heavy atom. The van der Waals surface area contributed by atoms with Crippen LogP contribution < -0.4 is 10.6 Å². The molecule has 8 nitrogen and oxygen atoms in total. The van der Waals surface area contributed by atoms with Crippen LogP contribution in [0.25, 0.3) is 11.1 Å². The van der Waals surface area contributed by atoms with Crippen LogP contribution in [0.2, 0.25) is 0 Å². The average Bonchev–Trinajstić information content (AvgIpc) is 2.86. The van der Waals surface area contributed by atoms with Gasteiger partial charge < -0.3 is 15.4 Å². The number of nitriles is 1. The molecule has 0 aliphatic rings. The second-order valence-corrected chi connectivity index (χ2v) is 12.2. The van der Waals surface area contributed by atoms with E-state index in [-0.39, 0.29) is 12.2 Å². The van der Waals surface area contributed by atoms with Crippen molar-refractivity contribution in [3.63, 3.8) is 0 Å². The minimum absolute atomic E-state index is 0.0480. The first-order valence-corrected chi connectivity index (χ1v) is 14.1. The van der Waals surface area contributed by atoms with Crippen molar-refractivity contribution >= 4 is 21.8 Å². The maximum atomic E-state index is 13.2. The lowest BCUT2D eigenvalue weighted by Gasteiger charge is -2.33. The van der Waals surface area contributed by atoms with E-state index < -0.39 is 39.0 Å². The standard InChI is InChI=1S/C28H37N3O5S/c1-7-28(8-2,31-26(33)36-27(4,5)6)25(32)30-23(19-29)18-20-10-12-21(13-11-20)22-14-16-24(17-15-22)37(34,35)9-3/h10-17,23H,7-9,18H2,1-6H3,(H,30,32)(H,31,33). The quantitative estimate of drug-likeness (QED) is 0.458. The van der Waals surface area contributed by atoms with Gasteiger partial charge in [0.05, 0.1) is 16.7 Å². The molecular weight excluding hydrogens is 490 g/mol. The number of alkyl carbamates (subject to hydrolysis) is 1. The van der Waals surface area contributed by atoms with Crippen molar-refractivity contribution in [2.75, 3.05) is 5.75 Å². The molecule has 9 heteroatoms. The molecule has 0 aromatic heterocycles. The van der Waals surface area contributed by atoms with Crippen molar-refractivity contribution < 1.29 is 22.7 Å². The molecule has 2 aromatic rings. The zero-order valence-electron chi connectivity index (χ0n) is 22.4. The molecule has 0 spiro atoms. The molecule has 200 valence electrons. The minimum Gasteiger partial charge on any atom is -0.444 e. The molecule has 2 amide bonds. The summed E-state index contributed by atoms with van der Waals surface area (Å²) >= 11 is 0. The Hall–Kier alpha value is -3.38. The highest BCUT2D eigenvalue weighted by molar-refractivity contribution is 7.91. The molecule has 1 unspecified atom stereocenters. The molecule has 37 heavy (non-hydrogen) atoms. The Morgan fingerprint density at radius 3 is 1.89 bits per heavy atom. The summed E-state index contributed by atoms with van der Waals surface area (Å²) in [6, 6.07) is 15.6. The number of nitrogens with one attached hydrogen (secondary N) is 2. The second kappa shape index (κ2) is 12.2. The van der Waals surface area contributed by atoms with E-state index in [9.17, 15) is 23.3 Å². The first kappa shape index (κ1) is 29.8. The summed E-state index contributed by atoms with van der Waals surface area (Å²) in [6.45, 7) is 10.4. The van der Waals surface area contributed by atoms with Crippen LogP contribution in [0.1, 0.15) is 59.9 Å². The molecule has 2 aromatic carbocycles. The number of hydrogen-bond donors (Lipinski definition) is 2. The number of ether oxygens (including phenoxy) is 1. The van der Waals surface area contributed by atoms with E-state index >= 15 is 0 Å². The third-order valence-electron chi connectivity index (χ3n) is 6.16. The Morgan fingerprint density at radius 2 is 1.46 bits per heavy atom. The SMILES string of the molecule is CCC(CC)(NC(=O)OC(C)(C)C)C(=O)NC(C#N)Cc1ccc(-c2ccc(S(=O)(=O)CC)cc2)cc1. The summed E-state index contributed by atoms with van der Waals surface area (Å²) in [4.78, 5) is 25.8. The minimum atomic E-state index is -3.26. The summed E-state index contributed by atoms with van der Waals surface area (Å²) in [5.74, 6) is -0.388. The van der Waals surface area contributed by atoms with Gasteiger partial charge >= 0.3 is 6.09 Å². The molecule has 0 saturated heterocycles. The smallest absolute Gasteiger partial charge is 0.408 e. The van der Waals surface area contributed by atoms with Crippen LogP contribution in [0.3, 0.4) is 0 Å². The van der Waals surface area contributed by atoms with Gasteiger partial charge in [0, 0.05) is 6.42 Å². The second-order valence-electron chi connectivity index (χ2n) is 9.90. The maximum absolute atomic E-state index is 13.2. The number of amides is 2. The molecule has 0 heterocycles. The Bertz CT molecular complexity index is 1220. The first-order chi connectivity index (χ1) is 17.3. The van der Waals surface area contributed by atoms with Crippen LogP contribution in [-0.4, -0.2) is 43.4 Å². The van der Waals surface area contributed by atoms with Gasteiger partial charge in [0.2, 0.25) is 5.91 Å². The molecule has 2 N–H and O–H groups in total. The molecule has 0 radical (unpaired) electrons. The van der Waals surface area contributed by atoms with E-state index in [2.05, 4.69) is 16.7 Å². The van der Waals surface area contributed by atoms with Gasteiger partial charge in [-0.05, 0) is 62.4 Å². The predicted molar refractivity (Wildman–Crippen MR) is 144 cm³/mol. The largest absolute Gasteiger partial charge is 0.444 e. The Balaban J connectivity index is 2.11. The zero-order valence-corrected chi connectivity index (χ0v) is 23.2. The zero-order chi connectivity index (χ0) is 27.9. The number of sulfone groups is 1. The average molecular weight is 528 g/mol. The molecule has 1 atom stereocenters. The molecule has 0 saturated carbocycles. The van der Waals surface area contributed by atoms with Crippen molar-refractivity contribution in [2.45, 2.75) is 82.9 Å². The maximum Gasteiger partial charge on any atom is 0.408 e. The topological polar surface area (TPSA) is 125 Å². The van der Waals surface area contributed by atoms with E-state index in [1.165, 1.54) is 0 Å². The van der Waals surface area contributed by atoms with E-state index in [0.717, 1.165) is 16.7 Å². The van der Waals surface area contributed by atoms with Crippen LogP contribution >= 0.6 is 0 Å². The Labute approximate surface area is 220 Å². The van der Waals surface area contributed by atoms with Gasteiger partial charge in [-0.1, -0.05) is 57.2 Å². The van der Waals surface area contributed by atoms with Gasteiger partial charge in [0.25, 0.3) is 0 Å². The normalized spacial score (nSPS) is 12.8. The molecular formula is C28H37N3O5S. The summed E-state index contributed by atoms with van der Waals surface area (Å²) < 4.78 is 29.4. The number of benzene rings is 2. The van der Waals surface area contributed by atoms with Crippen LogP contribution in [0.15, 0.2) is 53.4 Å². The number of rotatable bonds is 10. The Kier molecular flexibility index (Phi) is 9.87. The van der Waals surface area contributed by atoms with E-state index in [1.807, 2.05) is 24.3 Å². The molecule has 0 aliphatic heterocycles. The lowest BCUT2D eigenvalue weighted by molar-refractivity contribution is -0.128. The fourth-order valence-corrected chi connectivity index (χ4v) is 4.70. The molecule has 0 bridgehead atoms. The number of carbonyl (C=O) groups is 2. The van der Waals surface area contributed by atoms with Crippen LogP contribution in [0.4, 0.5) is 4.79 Å². The summed E-state index contributed by atoms with van der Waals surface area (Å²) in [7, 11) is -3.26. The van der Waals surface area contributed by atoms with Crippen molar-refractivity contribution in [1.29, 1.82) is 5.26 Å². The highest BCUT2D eigenvalue weighted by Gasteiger charge is 2.38. The van der Waals surface area contributed by atoms with Crippen molar-refractivity contribution in [3.05, 3.63) is 54.1 Å². The predicted octanol–water partition coefficient (Wildman–Crippen LogP) is 4.78. The summed E-state index contributed by atoms with van der Waals surface area (Å²) in [5, 5.41) is 15.2. The first-order valence-electron chi connectivity index (χ1n) is 12.4. The lowest BCUT2D eigenvalue weighted by atomic mass is 9.91. The number of nitrogens with zero attached hydrogens (tertiary/aromatic N) is 1. The van der Waals surface area contributed by atoms with Gasteiger partial charge in [-0.3, -0.25) is 4.79 Å². The van der Waals surface area contributed by atoms with E-state index in [4.69, 9.17) is 4.74 Å². The van der Waals surface area contributed by atoms with Crippen molar-refractivity contribution in [3.8, 4) is 17.2 Å². The monoisotopic (exact) mass is 527 g/mol. The highest BCUT2D eigenvalue weighted by Crippen LogP contribution is 2.23. The molecule has 0 fully saturated rings. The third-order valence-corrected chi connectivity index (χ3v) is 7.91. The van der Waals surface area contributed by atoms with Crippen LogP contribution in [-0.2, 0) is 25.8 Å². The fourth-order valence-electron chi connectivity index (χ4n) is 3.82. The van der Waals surface area contributed by atoms with Gasteiger partial charge in [-0.15, -0.1) is 0 Å². The van der Waals surface area contributed by atoms with Gasteiger partial charge in [0.15, 0.2) is 9.84 Å². The van der Waals surface area contributed by atoms with Gasteiger partial charge in [-0.2, -0.15) is 5.26 Å². The van der Waals surface area contributed by atoms with Crippen LogP contribution in [0, 0.1) is 11.3 Å². The lowest BCUT2D eigenvalue weighted by Crippen LogP contribution is -2.60. The van der Waals surface area contributed by atoms with Crippen LogP contribution in [0.5, 0.6) is 0 Å². The van der Waals surface area contributed by atoms with Crippen molar-refractivity contribution in [1.82, 2.24) is 10.6 Å². The van der Waals surface area contributed by atoms with E-state index in [1.54, 1.807) is 65.8 Å². The summed E-state index contributed by atoms with van der Waals surface area (Å²) in [5.41, 5.74) is 0.720. The number of carbonyl (C=O) groups excluding carboxylic acids is 2. The molecule has 0 aliphatic carbocycles. The third kappa shape index (κ3) is 8.05. The fraction of sp³-hybridized carbons (Fsp3) is 0.464. The van der Waals surface area contributed by atoms with Gasteiger partial charge in [-0.25, -0.2) is 13.2 Å². The van der Waals surface area contributed by atoms with Gasteiger partial charge in [0.1, 0.15) is 17.2 Å². The molecule has 2 rings (SSSR count). The highest BCUT2D eigenvalue weighted by atomic mass is 32.2. The number of hydrogen-bond acceptors (Lipinski definition) is 6. The summed E-state index contributed by atoms with van der Waals surface area (Å²) in [6.07, 6.45) is 0.266.